The van der Waals surface area contributed by atoms with E-state index in [9.17, 15) is 4.79 Å². The predicted molar refractivity (Wildman–Crippen MR) is 133 cm³/mol. The van der Waals surface area contributed by atoms with Crippen LogP contribution in [0.4, 0.5) is 0 Å². The molecule has 2 bridgehead atoms. The summed E-state index contributed by atoms with van der Waals surface area (Å²) in [5.74, 6) is 3.53. The van der Waals surface area contributed by atoms with Crippen LogP contribution >= 0.6 is 0 Å². The van der Waals surface area contributed by atoms with Gasteiger partial charge in [0.1, 0.15) is 11.6 Å². The topological polar surface area (TPSA) is 75.9 Å². The first kappa shape index (κ1) is 17.4. The lowest BCUT2D eigenvalue weighted by molar-refractivity contribution is 0.0734. The predicted octanol–water partition coefficient (Wildman–Crippen LogP) is 4.02. The van der Waals surface area contributed by atoms with Gasteiger partial charge in [-0.15, -0.1) is 6.42 Å². The van der Waals surface area contributed by atoms with Crippen molar-refractivity contribution in [3.05, 3.63) is 77.1 Å². The van der Waals surface area contributed by atoms with Crippen LogP contribution in [-0.4, -0.2) is 43.8 Å². The smallest absolute Gasteiger partial charge is 0.254 e. The van der Waals surface area contributed by atoms with E-state index >= 15 is 0 Å². The summed E-state index contributed by atoms with van der Waals surface area (Å²) in [4.78, 5) is 28.6. The maximum Gasteiger partial charge on any atom is 0.254 e. The molecule has 7 rings (SSSR count). The number of nitrogens with zero attached hydrogens (tertiary/aromatic N) is 5. The van der Waals surface area contributed by atoms with Gasteiger partial charge in [0.05, 0.1) is 29.2 Å². The Labute approximate surface area is 207 Å². The lowest BCUT2D eigenvalue weighted by Crippen LogP contribution is -2.30. The van der Waals surface area contributed by atoms with E-state index in [4.69, 9.17) is 15.5 Å². The molecular weight excluding hydrogens is 436 g/mol. The van der Waals surface area contributed by atoms with Crippen LogP contribution in [-0.2, 0) is 0 Å². The number of rotatable bonds is 2. The molecule has 0 aliphatic carbocycles. The summed E-state index contributed by atoms with van der Waals surface area (Å²) in [7, 11) is 0. The van der Waals surface area contributed by atoms with E-state index in [0.29, 0.717) is 28.9 Å². The van der Waals surface area contributed by atoms with E-state index in [1.54, 1.807) is 18.2 Å². The van der Waals surface area contributed by atoms with Gasteiger partial charge in [0.15, 0.2) is 0 Å². The number of carbonyl (C=O) groups is 1. The van der Waals surface area contributed by atoms with Gasteiger partial charge in [0, 0.05) is 52.2 Å². The number of nitrogens with one attached hydrogen (secondary N) is 1. The average Bonchev–Trinajstić information content (AvgIpc) is 3.63. The third-order valence-electron chi connectivity index (χ3n) is 7.51. The fraction of sp³-hybridized carbons (Fsp3) is 0.286. The second-order valence-electron chi connectivity index (χ2n) is 9.38. The molecule has 0 saturated carbocycles. The van der Waals surface area contributed by atoms with E-state index in [1.807, 2.05) is 30.6 Å². The number of hydrogen-bond donors (Lipinski definition) is 1. The molecule has 35 heavy (non-hydrogen) atoms. The SMILES string of the molecule is [2H]C([2H])([2H])N1C(=O)c2cccc(C#C)c2[C@H]2C[C@@H]1c1nc3ccc(-c4cnc([C@H]5CCCN5)nc4)cc3n12. The molecule has 0 unspecified atom stereocenters. The number of benzene rings is 2. The minimum atomic E-state index is -2.63. The Hall–Kier alpha value is -4.02. The van der Waals surface area contributed by atoms with Crippen LogP contribution in [0, 0.1) is 12.3 Å². The third-order valence-corrected chi connectivity index (χ3v) is 7.51. The van der Waals surface area contributed by atoms with Gasteiger partial charge in [-0.05, 0) is 49.2 Å². The quantitative estimate of drug-likeness (QED) is 0.455. The second kappa shape index (κ2) is 7.49. The van der Waals surface area contributed by atoms with Crippen molar-refractivity contribution in [2.45, 2.75) is 37.4 Å². The van der Waals surface area contributed by atoms with Crippen LogP contribution in [0.2, 0.25) is 0 Å². The van der Waals surface area contributed by atoms with E-state index in [0.717, 1.165) is 52.3 Å². The van der Waals surface area contributed by atoms with E-state index < -0.39 is 18.9 Å². The number of terminal acetylenes is 1. The zero-order chi connectivity index (χ0) is 26.2. The molecule has 1 N–H and O–H groups in total. The van der Waals surface area contributed by atoms with Crippen LogP contribution in [0.25, 0.3) is 22.2 Å². The number of imidazole rings is 1. The molecule has 2 aromatic carbocycles. The van der Waals surface area contributed by atoms with E-state index in [2.05, 4.69) is 25.8 Å². The average molecular weight is 464 g/mol. The Bertz CT molecular complexity index is 1650. The van der Waals surface area contributed by atoms with Gasteiger partial charge in [-0.1, -0.05) is 18.1 Å². The molecule has 3 aliphatic rings. The van der Waals surface area contributed by atoms with Gasteiger partial charge in [-0.2, -0.15) is 0 Å². The first-order valence-corrected chi connectivity index (χ1v) is 11.9. The molecule has 0 spiro atoms. The molecule has 3 atom stereocenters. The van der Waals surface area contributed by atoms with E-state index in [-0.39, 0.29) is 12.1 Å². The Morgan fingerprint density at radius 3 is 2.83 bits per heavy atom. The summed E-state index contributed by atoms with van der Waals surface area (Å²) in [6.07, 6.45) is 12.1. The van der Waals surface area contributed by atoms with Gasteiger partial charge in [-0.25, -0.2) is 15.0 Å². The number of amides is 1. The van der Waals surface area contributed by atoms with Gasteiger partial charge in [0.25, 0.3) is 5.91 Å². The number of hydrogen-bond acceptors (Lipinski definition) is 5. The molecular formula is C28H24N6O. The fourth-order valence-corrected chi connectivity index (χ4v) is 5.82. The highest BCUT2D eigenvalue weighted by Crippen LogP contribution is 2.48. The van der Waals surface area contributed by atoms with Crippen molar-refractivity contribution >= 4 is 16.9 Å². The second-order valence-corrected chi connectivity index (χ2v) is 9.38. The van der Waals surface area contributed by atoms with Gasteiger partial charge in [-0.3, -0.25) is 4.79 Å². The Morgan fingerprint density at radius 1 is 1.17 bits per heavy atom. The summed E-state index contributed by atoms with van der Waals surface area (Å²) in [5, 5.41) is 3.42. The molecule has 1 amide bonds. The van der Waals surface area contributed by atoms with Crippen LogP contribution in [0.5, 0.6) is 0 Å². The summed E-state index contributed by atoms with van der Waals surface area (Å²) in [6, 6.07) is 10.3. The monoisotopic (exact) mass is 463 g/mol. The highest BCUT2D eigenvalue weighted by atomic mass is 16.2. The molecule has 172 valence electrons. The Kier molecular flexibility index (Phi) is 3.73. The summed E-state index contributed by atoms with van der Waals surface area (Å²) in [6.45, 7) is -1.65. The normalized spacial score (nSPS) is 24.3. The largest absolute Gasteiger partial charge is 0.331 e. The third kappa shape index (κ3) is 2.90. The molecule has 4 aromatic rings. The van der Waals surface area contributed by atoms with E-state index in [1.165, 1.54) is 0 Å². The number of carbonyl (C=O) groups excluding carboxylic acids is 1. The molecule has 1 fully saturated rings. The fourth-order valence-electron chi connectivity index (χ4n) is 5.82. The summed E-state index contributed by atoms with van der Waals surface area (Å²) < 4.78 is 26.6. The first-order valence-electron chi connectivity index (χ1n) is 13.4. The molecule has 7 nitrogen and oxygen atoms in total. The summed E-state index contributed by atoms with van der Waals surface area (Å²) in [5.41, 5.74) is 4.98. The molecule has 3 aliphatic heterocycles. The molecule has 1 saturated heterocycles. The van der Waals surface area contributed by atoms with Crippen molar-refractivity contribution in [3.8, 4) is 23.5 Å². The van der Waals surface area contributed by atoms with Crippen LogP contribution in [0.15, 0.2) is 48.8 Å². The lowest BCUT2D eigenvalue weighted by Gasteiger charge is -2.24. The van der Waals surface area contributed by atoms with Gasteiger partial charge in [0.2, 0.25) is 0 Å². The summed E-state index contributed by atoms with van der Waals surface area (Å²) >= 11 is 0. The maximum atomic E-state index is 13.6. The zero-order valence-electron chi connectivity index (χ0n) is 21.9. The van der Waals surface area contributed by atoms with Crippen LogP contribution in [0.3, 0.4) is 0 Å². The van der Waals surface area contributed by atoms with Gasteiger partial charge >= 0.3 is 0 Å². The van der Waals surface area contributed by atoms with Gasteiger partial charge < -0.3 is 14.8 Å². The Morgan fingerprint density at radius 2 is 2.06 bits per heavy atom. The first-order chi connectivity index (χ1) is 18.3. The minimum Gasteiger partial charge on any atom is -0.331 e. The van der Waals surface area contributed by atoms with Crippen molar-refractivity contribution < 1.29 is 8.91 Å². The van der Waals surface area contributed by atoms with Crippen molar-refractivity contribution in [1.82, 2.24) is 29.7 Å². The zero-order valence-corrected chi connectivity index (χ0v) is 18.9. The Balaban J connectivity index is 1.39. The molecule has 7 heteroatoms. The molecule has 5 heterocycles. The van der Waals surface area contributed by atoms with Crippen LogP contribution in [0.1, 0.15) is 74.6 Å². The maximum absolute atomic E-state index is 13.6. The highest BCUT2D eigenvalue weighted by molar-refractivity contribution is 5.98. The molecule has 0 radical (unpaired) electrons. The standard InChI is InChI=1S/C28H24N6O/c1-3-16-6-4-7-19-25(16)23-13-24(33(2)28(19)35)27-32-20-10-9-17(12-22(20)34(23)27)18-14-30-26(31-15-18)21-8-5-11-29-21/h1,4,6-7,9-10,12,14-15,21,23-24,29H,5,8,11,13H2,2H3/t21-,23-,24-/m1/s1/i2D3. The van der Waals surface area contributed by atoms with Crippen molar-refractivity contribution in [2.24, 2.45) is 0 Å². The van der Waals surface area contributed by atoms with Crippen molar-refractivity contribution in [2.75, 3.05) is 13.5 Å². The van der Waals surface area contributed by atoms with Crippen molar-refractivity contribution in [3.63, 3.8) is 0 Å². The highest BCUT2D eigenvalue weighted by Gasteiger charge is 2.44. The minimum absolute atomic E-state index is 0.196. The van der Waals surface area contributed by atoms with Crippen molar-refractivity contribution in [1.29, 1.82) is 0 Å². The number of aromatic nitrogens is 4. The lowest BCUT2D eigenvalue weighted by atomic mass is 9.93. The number of fused-ring (bicyclic) bond motifs is 9. The van der Waals surface area contributed by atoms with Crippen LogP contribution < -0.4 is 5.32 Å². The molecule has 2 aromatic heterocycles.